The highest BCUT2D eigenvalue weighted by Gasteiger charge is 2.16. The normalized spacial score (nSPS) is 12.1. The van der Waals surface area contributed by atoms with Gasteiger partial charge in [-0.05, 0) is 63.4 Å². The van der Waals surface area contributed by atoms with E-state index in [4.69, 9.17) is 13.7 Å². The van der Waals surface area contributed by atoms with Gasteiger partial charge in [0.15, 0.2) is 11.5 Å². The van der Waals surface area contributed by atoms with Crippen LogP contribution in [0, 0.1) is 0 Å². The summed E-state index contributed by atoms with van der Waals surface area (Å²) < 4.78 is 16.0. The molecule has 0 radical (unpaired) electrons. The number of ether oxygens (including phenoxy) is 1. The highest BCUT2D eigenvalue weighted by Crippen LogP contribution is 2.20. The van der Waals surface area contributed by atoms with E-state index >= 15 is 0 Å². The molecule has 0 bridgehead atoms. The molecule has 1 N–H and O–H groups in total. The summed E-state index contributed by atoms with van der Waals surface area (Å²) in [6.07, 6.45) is 3.39. The van der Waals surface area contributed by atoms with Crippen LogP contribution in [-0.2, 0) is 6.42 Å². The van der Waals surface area contributed by atoms with E-state index in [1.807, 2.05) is 32.9 Å². The van der Waals surface area contributed by atoms with Crippen molar-refractivity contribution >= 4 is 5.91 Å². The minimum Gasteiger partial charge on any atom is -0.491 e. The maximum absolute atomic E-state index is 12.3. The smallest absolute Gasteiger partial charge is 0.273 e. The lowest BCUT2D eigenvalue weighted by molar-refractivity contribution is 0.0929. The van der Waals surface area contributed by atoms with Crippen molar-refractivity contribution in [3.8, 4) is 17.3 Å². The SMILES string of the molecule is CC(CCc1ccc(OC(C)C)cc1)NC(=O)c1cc(-c2ccco2)on1. The first-order chi connectivity index (χ1) is 13.0. The van der Waals surface area contributed by atoms with Gasteiger partial charge in [-0.3, -0.25) is 4.79 Å². The zero-order valence-corrected chi connectivity index (χ0v) is 15.8. The molecule has 0 spiro atoms. The first-order valence-electron chi connectivity index (χ1n) is 9.08. The van der Waals surface area contributed by atoms with Crippen molar-refractivity contribution in [1.82, 2.24) is 10.5 Å². The van der Waals surface area contributed by atoms with Crippen molar-refractivity contribution in [3.63, 3.8) is 0 Å². The second-order valence-corrected chi connectivity index (χ2v) is 6.78. The van der Waals surface area contributed by atoms with Crippen LogP contribution in [0.25, 0.3) is 11.5 Å². The van der Waals surface area contributed by atoms with Gasteiger partial charge in [-0.25, -0.2) is 0 Å². The molecule has 0 aliphatic carbocycles. The lowest BCUT2D eigenvalue weighted by Gasteiger charge is -2.13. The fourth-order valence-electron chi connectivity index (χ4n) is 2.68. The molecule has 0 fully saturated rings. The second kappa shape index (κ2) is 8.58. The average Bonchev–Trinajstić information content (AvgIpc) is 3.32. The molecule has 27 heavy (non-hydrogen) atoms. The quantitative estimate of drug-likeness (QED) is 0.634. The van der Waals surface area contributed by atoms with Crippen LogP contribution < -0.4 is 10.1 Å². The number of amides is 1. The minimum atomic E-state index is -0.260. The van der Waals surface area contributed by atoms with E-state index in [0.29, 0.717) is 11.5 Å². The number of aromatic nitrogens is 1. The van der Waals surface area contributed by atoms with Crippen LogP contribution in [0.1, 0.15) is 43.2 Å². The molecule has 2 heterocycles. The maximum Gasteiger partial charge on any atom is 0.273 e. The number of carbonyl (C=O) groups is 1. The van der Waals surface area contributed by atoms with E-state index < -0.39 is 0 Å². The fourth-order valence-corrected chi connectivity index (χ4v) is 2.68. The summed E-state index contributed by atoms with van der Waals surface area (Å²) in [5.74, 6) is 1.58. The Hall–Kier alpha value is -3.02. The Morgan fingerprint density at radius 1 is 1.15 bits per heavy atom. The van der Waals surface area contributed by atoms with Gasteiger partial charge < -0.3 is 19.0 Å². The molecular weight excluding hydrogens is 344 g/mol. The van der Waals surface area contributed by atoms with Crippen LogP contribution in [-0.4, -0.2) is 23.2 Å². The van der Waals surface area contributed by atoms with E-state index in [1.54, 1.807) is 24.5 Å². The Bertz CT molecular complexity index is 851. The van der Waals surface area contributed by atoms with E-state index in [0.717, 1.165) is 18.6 Å². The molecule has 1 atom stereocenters. The topological polar surface area (TPSA) is 77.5 Å². The Kier molecular flexibility index (Phi) is 5.96. The van der Waals surface area contributed by atoms with Crippen LogP contribution in [0.4, 0.5) is 0 Å². The van der Waals surface area contributed by atoms with E-state index in [2.05, 4.69) is 22.6 Å². The van der Waals surface area contributed by atoms with Crippen LogP contribution in [0.3, 0.4) is 0 Å². The number of benzene rings is 1. The predicted molar refractivity (Wildman–Crippen MR) is 102 cm³/mol. The number of nitrogens with zero attached hydrogens (tertiary/aromatic N) is 1. The Balaban J connectivity index is 1.49. The van der Waals surface area contributed by atoms with E-state index in [1.165, 1.54) is 5.56 Å². The number of hydrogen-bond donors (Lipinski definition) is 1. The monoisotopic (exact) mass is 368 g/mol. The summed E-state index contributed by atoms with van der Waals surface area (Å²) in [5.41, 5.74) is 1.44. The predicted octanol–water partition coefficient (Wildman–Crippen LogP) is 4.47. The zero-order chi connectivity index (χ0) is 19.2. The summed E-state index contributed by atoms with van der Waals surface area (Å²) >= 11 is 0. The molecule has 0 aliphatic rings. The highest BCUT2D eigenvalue weighted by molar-refractivity contribution is 5.93. The Morgan fingerprint density at radius 2 is 1.93 bits per heavy atom. The lowest BCUT2D eigenvalue weighted by Crippen LogP contribution is -2.33. The molecule has 142 valence electrons. The highest BCUT2D eigenvalue weighted by atomic mass is 16.5. The summed E-state index contributed by atoms with van der Waals surface area (Å²) in [5, 5.41) is 6.76. The molecule has 3 aromatic rings. The van der Waals surface area contributed by atoms with Crippen molar-refractivity contribution in [2.24, 2.45) is 0 Å². The second-order valence-electron chi connectivity index (χ2n) is 6.78. The first kappa shape index (κ1) is 18.8. The summed E-state index contributed by atoms with van der Waals surface area (Å²) in [4.78, 5) is 12.3. The van der Waals surface area contributed by atoms with Gasteiger partial charge in [0.25, 0.3) is 5.91 Å². The number of aryl methyl sites for hydroxylation is 1. The molecule has 1 amide bonds. The van der Waals surface area contributed by atoms with Crippen LogP contribution in [0.5, 0.6) is 5.75 Å². The first-order valence-corrected chi connectivity index (χ1v) is 9.08. The van der Waals surface area contributed by atoms with Crippen molar-refractivity contribution in [1.29, 1.82) is 0 Å². The third-order valence-electron chi connectivity index (χ3n) is 4.05. The molecule has 6 nitrogen and oxygen atoms in total. The van der Waals surface area contributed by atoms with Gasteiger partial charge in [-0.15, -0.1) is 0 Å². The summed E-state index contributed by atoms with van der Waals surface area (Å²) in [6, 6.07) is 13.2. The number of furan rings is 1. The van der Waals surface area contributed by atoms with Gasteiger partial charge in [-0.2, -0.15) is 0 Å². The molecule has 6 heteroatoms. The van der Waals surface area contributed by atoms with Crippen molar-refractivity contribution in [2.45, 2.75) is 45.8 Å². The van der Waals surface area contributed by atoms with Crippen LogP contribution in [0.2, 0.25) is 0 Å². The van der Waals surface area contributed by atoms with Gasteiger partial charge in [0, 0.05) is 12.1 Å². The molecule has 1 unspecified atom stereocenters. The molecule has 0 saturated carbocycles. The summed E-state index contributed by atoms with van der Waals surface area (Å²) in [6.45, 7) is 5.98. The van der Waals surface area contributed by atoms with E-state index in [9.17, 15) is 4.79 Å². The third-order valence-corrected chi connectivity index (χ3v) is 4.05. The van der Waals surface area contributed by atoms with Gasteiger partial charge in [0.1, 0.15) is 5.75 Å². The number of hydrogen-bond acceptors (Lipinski definition) is 5. The standard InChI is InChI=1S/C21H24N2O4/c1-14(2)26-17-10-8-16(9-11-17)7-6-15(3)22-21(24)18-13-20(27-23-18)19-5-4-12-25-19/h4-5,8-15H,6-7H2,1-3H3,(H,22,24). The van der Waals surface area contributed by atoms with Crippen molar-refractivity contribution in [3.05, 3.63) is 60.0 Å². The largest absolute Gasteiger partial charge is 0.491 e. The van der Waals surface area contributed by atoms with Crippen molar-refractivity contribution in [2.75, 3.05) is 0 Å². The molecule has 3 rings (SSSR count). The lowest BCUT2D eigenvalue weighted by atomic mass is 10.1. The van der Waals surface area contributed by atoms with Gasteiger partial charge >= 0.3 is 0 Å². The van der Waals surface area contributed by atoms with Gasteiger partial charge in [0.05, 0.1) is 12.4 Å². The maximum atomic E-state index is 12.3. The Labute approximate surface area is 158 Å². The Morgan fingerprint density at radius 3 is 2.59 bits per heavy atom. The zero-order valence-electron chi connectivity index (χ0n) is 15.8. The minimum absolute atomic E-state index is 0.00727. The molecule has 1 aromatic carbocycles. The van der Waals surface area contributed by atoms with Crippen LogP contribution in [0.15, 0.2) is 57.7 Å². The number of carbonyl (C=O) groups excluding carboxylic acids is 1. The van der Waals surface area contributed by atoms with Crippen molar-refractivity contribution < 1.29 is 18.5 Å². The van der Waals surface area contributed by atoms with Crippen LogP contribution >= 0.6 is 0 Å². The van der Waals surface area contributed by atoms with Gasteiger partial charge in [0.2, 0.25) is 5.76 Å². The molecule has 0 saturated heterocycles. The molecule has 2 aromatic heterocycles. The number of rotatable bonds is 8. The fraction of sp³-hybridized carbons (Fsp3) is 0.333. The third kappa shape index (κ3) is 5.23. The van der Waals surface area contributed by atoms with Gasteiger partial charge in [-0.1, -0.05) is 17.3 Å². The van der Waals surface area contributed by atoms with E-state index in [-0.39, 0.29) is 23.7 Å². The molecular formula is C21H24N2O4. The average molecular weight is 368 g/mol. The molecule has 0 aliphatic heterocycles. The summed E-state index contributed by atoms with van der Waals surface area (Å²) in [7, 11) is 0. The number of nitrogens with one attached hydrogen (secondary N) is 1.